The Hall–Kier alpha value is 0.0200. The second kappa shape index (κ2) is 6.20. The van der Waals surface area contributed by atoms with Crippen LogP contribution in [0, 0.1) is 5.92 Å². The summed E-state index contributed by atoms with van der Waals surface area (Å²) in [7, 11) is 0. The molecule has 7 heteroatoms. The van der Waals surface area contributed by atoms with Gasteiger partial charge in [-0.25, -0.2) is 0 Å². The highest BCUT2D eigenvalue weighted by molar-refractivity contribution is 7.99. The predicted molar refractivity (Wildman–Crippen MR) is 68.2 cm³/mol. The molecule has 3 nitrogen and oxygen atoms in total. The highest BCUT2D eigenvalue weighted by Gasteiger charge is 2.42. The first-order chi connectivity index (χ1) is 8.90. The lowest BCUT2D eigenvalue weighted by Crippen LogP contribution is -2.47. The van der Waals surface area contributed by atoms with E-state index in [1.165, 1.54) is 0 Å². The second-order valence-corrected chi connectivity index (χ2v) is 6.49. The second-order valence-electron chi connectivity index (χ2n) is 5.38. The maximum Gasteiger partial charge on any atom is 0.411 e. The SMILES string of the molecule is NC(COCC(F)(F)F)C1CCOC2(CCSC2)C1. The molecule has 2 N–H and O–H groups in total. The molecule has 2 rings (SSSR count). The molecule has 2 aliphatic heterocycles. The van der Waals surface area contributed by atoms with Crippen LogP contribution in [0.4, 0.5) is 13.2 Å². The van der Waals surface area contributed by atoms with Gasteiger partial charge in [-0.05, 0) is 30.9 Å². The molecule has 19 heavy (non-hydrogen) atoms. The Kier molecular flexibility index (Phi) is 5.03. The number of alkyl halides is 3. The van der Waals surface area contributed by atoms with Gasteiger partial charge in [-0.3, -0.25) is 0 Å². The van der Waals surface area contributed by atoms with Crippen molar-refractivity contribution in [1.29, 1.82) is 0 Å². The van der Waals surface area contributed by atoms with Crippen molar-refractivity contribution in [1.82, 2.24) is 0 Å². The normalized spacial score (nSPS) is 33.8. The summed E-state index contributed by atoms with van der Waals surface area (Å²) in [6.07, 6.45) is -1.61. The first kappa shape index (κ1) is 15.4. The van der Waals surface area contributed by atoms with Crippen molar-refractivity contribution in [3.63, 3.8) is 0 Å². The van der Waals surface area contributed by atoms with E-state index < -0.39 is 12.8 Å². The molecular formula is C12H20F3NO2S. The number of nitrogens with two attached hydrogens (primary N) is 1. The van der Waals surface area contributed by atoms with Crippen LogP contribution in [0.1, 0.15) is 19.3 Å². The van der Waals surface area contributed by atoms with Gasteiger partial charge < -0.3 is 15.2 Å². The maximum atomic E-state index is 12.0. The number of rotatable bonds is 4. The summed E-state index contributed by atoms with van der Waals surface area (Å²) >= 11 is 1.87. The molecule has 3 atom stereocenters. The molecule has 3 unspecified atom stereocenters. The summed E-state index contributed by atoms with van der Waals surface area (Å²) in [5, 5.41) is 0. The van der Waals surface area contributed by atoms with Crippen molar-refractivity contribution >= 4 is 11.8 Å². The van der Waals surface area contributed by atoms with Gasteiger partial charge in [-0.2, -0.15) is 24.9 Å². The predicted octanol–water partition coefficient (Wildman–Crippen LogP) is 2.19. The summed E-state index contributed by atoms with van der Waals surface area (Å²) in [5.41, 5.74) is 5.89. The van der Waals surface area contributed by atoms with Crippen molar-refractivity contribution in [3.05, 3.63) is 0 Å². The average Bonchev–Trinajstić information content (AvgIpc) is 2.75. The third kappa shape index (κ3) is 4.51. The van der Waals surface area contributed by atoms with E-state index in [4.69, 9.17) is 10.5 Å². The van der Waals surface area contributed by atoms with E-state index in [0.717, 1.165) is 30.8 Å². The fourth-order valence-corrected chi connectivity index (χ4v) is 4.12. The molecule has 0 aliphatic carbocycles. The Labute approximate surface area is 115 Å². The number of thioether (sulfide) groups is 1. The summed E-state index contributed by atoms with van der Waals surface area (Å²) in [5.74, 6) is 2.26. The lowest BCUT2D eigenvalue weighted by atomic mass is 9.82. The molecule has 2 saturated heterocycles. The smallest absolute Gasteiger partial charge is 0.374 e. The number of hydrogen-bond donors (Lipinski definition) is 1. The van der Waals surface area contributed by atoms with E-state index in [2.05, 4.69) is 4.74 Å². The van der Waals surface area contributed by atoms with Crippen LogP contribution in [0.25, 0.3) is 0 Å². The van der Waals surface area contributed by atoms with Crippen LogP contribution in [0.5, 0.6) is 0 Å². The van der Waals surface area contributed by atoms with Crippen LogP contribution in [-0.4, -0.2) is 49.1 Å². The molecule has 112 valence electrons. The minimum atomic E-state index is -4.28. The van der Waals surface area contributed by atoms with Gasteiger partial charge in [-0.15, -0.1) is 0 Å². The summed E-state index contributed by atoms with van der Waals surface area (Å²) < 4.78 is 46.5. The highest BCUT2D eigenvalue weighted by Crippen LogP contribution is 2.41. The molecule has 0 bridgehead atoms. The number of hydrogen-bond acceptors (Lipinski definition) is 4. The minimum absolute atomic E-state index is 0.0343. The lowest BCUT2D eigenvalue weighted by Gasteiger charge is -2.39. The molecule has 2 aliphatic rings. The van der Waals surface area contributed by atoms with Gasteiger partial charge >= 0.3 is 6.18 Å². The van der Waals surface area contributed by atoms with Crippen LogP contribution < -0.4 is 5.73 Å². The monoisotopic (exact) mass is 299 g/mol. The van der Waals surface area contributed by atoms with Crippen LogP contribution in [0.15, 0.2) is 0 Å². The fraction of sp³-hybridized carbons (Fsp3) is 1.00. The Morgan fingerprint density at radius 2 is 2.26 bits per heavy atom. The molecule has 0 aromatic heterocycles. The number of ether oxygens (including phenoxy) is 2. The van der Waals surface area contributed by atoms with Crippen LogP contribution in [0.3, 0.4) is 0 Å². The quantitative estimate of drug-likeness (QED) is 0.864. The van der Waals surface area contributed by atoms with E-state index in [-0.39, 0.29) is 24.2 Å². The zero-order chi connectivity index (χ0) is 13.9. The fourth-order valence-electron chi connectivity index (χ4n) is 2.74. The van der Waals surface area contributed by atoms with Gasteiger partial charge in [0.05, 0.1) is 12.2 Å². The molecular weight excluding hydrogens is 279 g/mol. The molecule has 0 radical (unpaired) electrons. The Bertz CT molecular complexity index is 295. The van der Waals surface area contributed by atoms with Gasteiger partial charge in [0.1, 0.15) is 6.61 Å². The third-order valence-corrected chi connectivity index (χ3v) is 5.00. The van der Waals surface area contributed by atoms with Gasteiger partial charge in [0.15, 0.2) is 0 Å². The number of halogens is 3. The summed E-state index contributed by atoms with van der Waals surface area (Å²) in [6, 6.07) is -0.339. The summed E-state index contributed by atoms with van der Waals surface area (Å²) in [4.78, 5) is 0. The van der Waals surface area contributed by atoms with Gasteiger partial charge in [0, 0.05) is 18.4 Å². The van der Waals surface area contributed by atoms with Gasteiger partial charge in [-0.1, -0.05) is 0 Å². The summed E-state index contributed by atoms with van der Waals surface area (Å²) in [6.45, 7) is -0.601. The van der Waals surface area contributed by atoms with E-state index in [1.807, 2.05) is 11.8 Å². The maximum absolute atomic E-state index is 12.0. The van der Waals surface area contributed by atoms with Crippen molar-refractivity contribution in [2.75, 3.05) is 31.3 Å². The van der Waals surface area contributed by atoms with Crippen molar-refractivity contribution < 1.29 is 22.6 Å². The zero-order valence-corrected chi connectivity index (χ0v) is 11.6. The molecule has 0 aromatic rings. The third-order valence-electron chi connectivity index (χ3n) is 3.78. The van der Waals surface area contributed by atoms with E-state index in [1.54, 1.807) is 0 Å². The lowest BCUT2D eigenvalue weighted by molar-refractivity contribution is -0.176. The largest absolute Gasteiger partial charge is 0.411 e. The standard InChI is InChI=1S/C12H20F3NO2S/c13-12(14,15)7-17-6-10(16)9-1-3-18-11(5-9)2-4-19-8-11/h9-10H,1-8,16H2. The van der Waals surface area contributed by atoms with E-state index >= 15 is 0 Å². The molecule has 1 spiro atoms. The average molecular weight is 299 g/mol. The molecule has 2 fully saturated rings. The molecule has 0 saturated carbocycles. The molecule has 2 heterocycles. The first-order valence-corrected chi connectivity index (χ1v) is 7.67. The van der Waals surface area contributed by atoms with Crippen molar-refractivity contribution in [3.8, 4) is 0 Å². The minimum Gasteiger partial charge on any atom is -0.374 e. The van der Waals surface area contributed by atoms with Crippen molar-refractivity contribution in [2.24, 2.45) is 11.7 Å². The Morgan fingerprint density at radius 1 is 1.47 bits per heavy atom. The van der Waals surface area contributed by atoms with E-state index in [9.17, 15) is 13.2 Å². The van der Waals surface area contributed by atoms with Crippen LogP contribution >= 0.6 is 11.8 Å². The van der Waals surface area contributed by atoms with Crippen LogP contribution in [-0.2, 0) is 9.47 Å². The highest BCUT2D eigenvalue weighted by atomic mass is 32.2. The Balaban J connectivity index is 1.77. The Morgan fingerprint density at radius 3 is 2.89 bits per heavy atom. The van der Waals surface area contributed by atoms with E-state index in [0.29, 0.717) is 6.61 Å². The molecule has 0 aromatic carbocycles. The van der Waals surface area contributed by atoms with Gasteiger partial charge in [0.2, 0.25) is 0 Å². The zero-order valence-electron chi connectivity index (χ0n) is 10.7. The molecule has 0 amide bonds. The van der Waals surface area contributed by atoms with Crippen molar-refractivity contribution in [2.45, 2.75) is 37.1 Å². The van der Waals surface area contributed by atoms with Crippen LogP contribution in [0.2, 0.25) is 0 Å². The topological polar surface area (TPSA) is 44.5 Å². The van der Waals surface area contributed by atoms with Gasteiger partial charge in [0.25, 0.3) is 0 Å². The first-order valence-electron chi connectivity index (χ1n) is 6.52.